The number of benzene rings is 2. The maximum Gasteiger partial charge on any atom is 0.220 e. The molecule has 2 rings (SSSR count). The van der Waals surface area contributed by atoms with Crippen molar-refractivity contribution in [3.05, 3.63) is 70.7 Å². The van der Waals surface area contributed by atoms with E-state index in [0.29, 0.717) is 17.9 Å². The van der Waals surface area contributed by atoms with Gasteiger partial charge in [0.05, 0.1) is 12.6 Å². The molecule has 1 atom stereocenters. The SMILES string of the molecule is O=C(CCc1ccc(Cl)cc1)NC(CO)c1ccccc1. The second-order valence-electron chi connectivity index (χ2n) is 4.84. The van der Waals surface area contributed by atoms with E-state index in [9.17, 15) is 9.90 Å². The average Bonchev–Trinajstić information content (AvgIpc) is 2.53. The summed E-state index contributed by atoms with van der Waals surface area (Å²) in [5, 5.41) is 13.0. The number of nitrogens with one attached hydrogen (secondary N) is 1. The average molecular weight is 304 g/mol. The van der Waals surface area contributed by atoms with Crippen LogP contribution >= 0.6 is 11.6 Å². The predicted molar refractivity (Wildman–Crippen MR) is 84.2 cm³/mol. The summed E-state index contributed by atoms with van der Waals surface area (Å²) in [6.45, 7) is -0.114. The summed E-state index contributed by atoms with van der Waals surface area (Å²) >= 11 is 5.82. The van der Waals surface area contributed by atoms with Gasteiger partial charge in [0.15, 0.2) is 0 Å². The van der Waals surface area contributed by atoms with Crippen LogP contribution in [0.1, 0.15) is 23.6 Å². The maximum absolute atomic E-state index is 12.0. The Kier molecular flexibility index (Phi) is 5.78. The second kappa shape index (κ2) is 7.81. The summed E-state index contributed by atoms with van der Waals surface area (Å²) in [5.74, 6) is -0.0761. The van der Waals surface area contributed by atoms with Crippen molar-refractivity contribution in [2.45, 2.75) is 18.9 Å². The molecule has 4 heteroatoms. The van der Waals surface area contributed by atoms with Gasteiger partial charge in [0, 0.05) is 11.4 Å². The van der Waals surface area contributed by atoms with E-state index >= 15 is 0 Å². The van der Waals surface area contributed by atoms with E-state index in [4.69, 9.17) is 11.6 Å². The Morgan fingerprint density at radius 2 is 1.76 bits per heavy atom. The third-order valence-electron chi connectivity index (χ3n) is 3.27. The van der Waals surface area contributed by atoms with Crippen LogP contribution in [0.5, 0.6) is 0 Å². The van der Waals surface area contributed by atoms with Crippen molar-refractivity contribution in [1.82, 2.24) is 5.32 Å². The van der Waals surface area contributed by atoms with E-state index < -0.39 is 0 Å². The molecule has 0 spiro atoms. The standard InChI is InChI=1S/C17H18ClNO2/c18-15-9-6-13(7-10-15)8-11-17(21)19-16(12-20)14-4-2-1-3-5-14/h1-7,9-10,16,20H,8,11-12H2,(H,19,21). The van der Waals surface area contributed by atoms with Crippen molar-refractivity contribution in [1.29, 1.82) is 0 Å². The number of aliphatic hydroxyl groups excluding tert-OH is 1. The van der Waals surface area contributed by atoms with Crippen molar-refractivity contribution in [3.8, 4) is 0 Å². The Hall–Kier alpha value is -1.84. The third kappa shape index (κ3) is 4.88. The molecular weight excluding hydrogens is 286 g/mol. The van der Waals surface area contributed by atoms with Gasteiger partial charge in [-0.05, 0) is 29.7 Å². The first kappa shape index (κ1) is 15.5. The Morgan fingerprint density at radius 3 is 2.38 bits per heavy atom. The largest absolute Gasteiger partial charge is 0.394 e. The molecular formula is C17H18ClNO2. The van der Waals surface area contributed by atoms with E-state index in [1.54, 1.807) is 0 Å². The Morgan fingerprint density at radius 1 is 1.10 bits per heavy atom. The van der Waals surface area contributed by atoms with Crippen molar-refractivity contribution in [3.63, 3.8) is 0 Å². The molecule has 110 valence electrons. The zero-order valence-corrected chi connectivity index (χ0v) is 12.4. The number of amides is 1. The fourth-order valence-corrected chi connectivity index (χ4v) is 2.22. The molecule has 1 unspecified atom stereocenters. The van der Waals surface area contributed by atoms with Gasteiger partial charge in [-0.2, -0.15) is 0 Å². The molecule has 0 saturated carbocycles. The Balaban J connectivity index is 1.87. The number of halogens is 1. The highest BCUT2D eigenvalue weighted by molar-refractivity contribution is 6.30. The number of carbonyl (C=O) groups is 1. The molecule has 0 heterocycles. The van der Waals surface area contributed by atoms with Crippen molar-refractivity contribution >= 4 is 17.5 Å². The zero-order valence-electron chi connectivity index (χ0n) is 11.6. The number of rotatable bonds is 6. The lowest BCUT2D eigenvalue weighted by Gasteiger charge is -2.16. The van der Waals surface area contributed by atoms with E-state index in [0.717, 1.165) is 11.1 Å². The fourth-order valence-electron chi connectivity index (χ4n) is 2.10. The first-order chi connectivity index (χ1) is 10.2. The van der Waals surface area contributed by atoms with E-state index in [2.05, 4.69) is 5.32 Å². The number of hydrogen-bond acceptors (Lipinski definition) is 2. The van der Waals surface area contributed by atoms with Crippen LogP contribution in [0.3, 0.4) is 0 Å². The van der Waals surface area contributed by atoms with E-state index in [1.807, 2.05) is 54.6 Å². The summed E-state index contributed by atoms with van der Waals surface area (Å²) < 4.78 is 0. The van der Waals surface area contributed by atoms with Crippen molar-refractivity contribution in [2.75, 3.05) is 6.61 Å². The topological polar surface area (TPSA) is 49.3 Å². The van der Waals surface area contributed by atoms with Gasteiger partial charge in [-0.1, -0.05) is 54.1 Å². The molecule has 2 aromatic rings. The summed E-state index contributed by atoms with van der Waals surface area (Å²) in [4.78, 5) is 12.0. The molecule has 0 radical (unpaired) electrons. The van der Waals surface area contributed by atoms with Gasteiger partial charge < -0.3 is 10.4 Å². The molecule has 1 amide bonds. The highest BCUT2D eigenvalue weighted by Gasteiger charge is 2.13. The second-order valence-corrected chi connectivity index (χ2v) is 5.28. The van der Waals surface area contributed by atoms with Crippen molar-refractivity contribution < 1.29 is 9.90 Å². The third-order valence-corrected chi connectivity index (χ3v) is 3.53. The molecule has 0 bridgehead atoms. The molecule has 0 saturated heterocycles. The van der Waals surface area contributed by atoms with Crippen LogP contribution in [0.15, 0.2) is 54.6 Å². The highest BCUT2D eigenvalue weighted by atomic mass is 35.5. The van der Waals surface area contributed by atoms with Crippen LogP contribution in [-0.2, 0) is 11.2 Å². The molecule has 0 aliphatic heterocycles. The van der Waals surface area contributed by atoms with Gasteiger partial charge >= 0.3 is 0 Å². The van der Waals surface area contributed by atoms with Gasteiger partial charge in [0.1, 0.15) is 0 Å². The summed E-state index contributed by atoms with van der Waals surface area (Å²) in [6, 6.07) is 16.6. The number of hydrogen-bond donors (Lipinski definition) is 2. The first-order valence-corrected chi connectivity index (χ1v) is 7.26. The quantitative estimate of drug-likeness (QED) is 0.861. The molecule has 21 heavy (non-hydrogen) atoms. The highest BCUT2D eigenvalue weighted by Crippen LogP contribution is 2.13. The summed E-state index contributed by atoms with van der Waals surface area (Å²) in [6.07, 6.45) is 1.03. The molecule has 2 N–H and O–H groups in total. The van der Waals surface area contributed by atoms with Crippen molar-refractivity contribution in [2.24, 2.45) is 0 Å². The molecule has 0 fully saturated rings. The lowest BCUT2D eigenvalue weighted by Crippen LogP contribution is -2.30. The Bertz CT molecular complexity index is 569. The summed E-state index contributed by atoms with van der Waals surface area (Å²) in [5.41, 5.74) is 1.97. The summed E-state index contributed by atoms with van der Waals surface area (Å²) in [7, 11) is 0. The minimum atomic E-state index is -0.357. The first-order valence-electron chi connectivity index (χ1n) is 6.88. The van der Waals surface area contributed by atoms with Crippen LogP contribution < -0.4 is 5.32 Å². The van der Waals surface area contributed by atoms with Crippen LogP contribution in [-0.4, -0.2) is 17.6 Å². The molecule has 2 aromatic carbocycles. The fraction of sp³-hybridized carbons (Fsp3) is 0.235. The number of aryl methyl sites for hydroxylation is 1. The normalized spacial score (nSPS) is 11.9. The molecule has 3 nitrogen and oxygen atoms in total. The van der Waals surface area contributed by atoms with Gasteiger partial charge in [-0.3, -0.25) is 4.79 Å². The monoisotopic (exact) mass is 303 g/mol. The minimum Gasteiger partial charge on any atom is -0.394 e. The number of aliphatic hydroxyl groups is 1. The van der Waals surface area contributed by atoms with Crippen LogP contribution in [0, 0.1) is 0 Å². The van der Waals surface area contributed by atoms with Crippen LogP contribution in [0.2, 0.25) is 5.02 Å². The minimum absolute atomic E-state index is 0.0761. The maximum atomic E-state index is 12.0. The van der Waals surface area contributed by atoms with Gasteiger partial charge in [0.2, 0.25) is 5.91 Å². The lowest BCUT2D eigenvalue weighted by molar-refractivity contribution is -0.122. The van der Waals surface area contributed by atoms with Gasteiger partial charge in [0.25, 0.3) is 0 Å². The van der Waals surface area contributed by atoms with E-state index in [1.165, 1.54) is 0 Å². The predicted octanol–water partition coefficient (Wildman–Crippen LogP) is 3.12. The van der Waals surface area contributed by atoms with Crippen LogP contribution in [0.4, 0.5) is 0 Å². The molecule has 0 aromatic heterocycles. The van der Waals surface area contributed by atoms with Crippen LogP contribution in [0.25, 0.3) is 0 Å². The van der Waals surface area contributed by atoms with E-state index in [-0.39, 0.29) is 18.6 Å². The molecule has 0 aliphatic carbocycles. The molecule has 0 aliphatic rings. The zero-order chi connectivity index (χ0) is 15.1. The number of carbonyl (C=O) groups excluding carboxylic acids is 1. The lowest BCUT2D eigenvalue weighted by atomic mass is 10.1. The van der Waals surface area contributed by atoms with Gasteiger partial charge in [-0.25, -0.2) is 0 Å². The Labute approximate surface area is 129 Å². The smallest absolute Gasteiger partial charge is 0.220 e. The van der Waals surface area contributed by atoms with Gasteiger partial charge in [-0.15, -0.1) is 0 Å².